The summed E-state index contributed by atoms with van der Waals surface area (Å²) in [5.41, 5.74) is 6.01. The number of hydrogen-bond acceptors (Lipinski definition) is 7. The lowest BCUT2D eigenvalue weighted by Gasteiger charge is -2.10. The second-order valence-electron chi connectivity index (χ2n) is 6.93. The lowest BCUT2D eigenvalue weighted by molar-refractivity contribution is 0.296. The Morgan fingerprint density at radius 2 is 1.97 bits per heavy atom. The summed E-state index contributed by atoms with van der Waals surface area (Å²) in [7, 11) is 0. The Hall–Kier alpha value is -3.94. The van der Waals surface area contributed by atoms with Gasteiger partial charge in [0.15, 0.2) is 5.82 Å². The number of benzene rings is 1. The second kappa shape index (κ2) is 10.2. The lowest BCUT2D eigenvalue weighted by Crippen LogP contribution is -2.09. The summed E-state index contributed by atoms with van der Waals surface area (Å²) in [5.74, 6) is 1.24. The van der Waals surface area contributed by atoms with Gasteiger partial charge in [-0.2, -0.15) is 15.1 Å². The number of rotatable bonds is 10. The zero-order valence-electron chi connectivity index (χ0n) is 17.4. The Bertz CT molecular complexity index is 1140. The first-order valence-electron chi connectivity index (χ1n) is 10.3. The van der Waals surface area contributed by atoms with E-state index < -0.39 is 0 Å². The first-order valence-corrected chi connectivity index (χ1v) is 10.3. The summed E-state index contributed by atoms with van der Waals surface area (Å²) >= 11 is 0. The summed E-state index contributed by atoms with van der Waals surface area (Å²) in [4.78, 5) is 16.4. The van der Waals surface area contributed by atoms with Crippen LogP contribution in [0.15, 0.2) is 66.0 Å². The van der Waals surface area contributed by atoms with E-state index in [1.165, 1.54) is 0 Å². The van der Waals surface area contributed by atoms with Crippen molar-refractivity contribution in [2.75, 3.05) is 23.9 Å². The van der Waals surface area contributed by atoms with E-state index in [0.29, 0.717) is 30.7 Å². The quantitative estimate of drug-likeness (QED) is 0.265. The summed E-state index contributed by atoms with van der Waals surface area (Å²) in [6.45, 7) is 3.35. The van der Waals surface area contributed by atoms with Gasteiger partial charge in [-0.15, -0.1) is 0 Å². The average molecular weight is 416 g/mol. The molecule has 0 unspecified atom stereocenters. The number of pyridine rings is 1. The van der Waals surface area contributed by atoms with Gasteiger partial charge in [0, 0.05) is 53.6 Å². The summed E-state index contributed by atoms with van der Waals surface area (Å²) in [6.07, 6.45) is 7.13. The van der Waals surface area contributed by atoms with Crippen molar-refractivity contribution in [3.8, 4) is 6.01 Å². The lowest BCUT2D eigenvalue weighted by atomic mass is 10.2. The maximum Gasteiger partial charge on any atom is 0.320 e. The molecule has 0 amide bonds. The summed E-state index contributed by atoms with van der Waals surface area (Å²) < 4.78 is 5.78. The molecule has 0 aliphatic carbocycles. The number of hydrogen-bond donors (Lipinski definition) is 3. The van der Waals surface area contributed by atoms with E-state index in [9.17, 15) is 0 Å². The molecule has 31 heavy (non-hydrogen) atoms. The molecular weight excluding hydrogens is 390 g/mol. The van der Waals surface area contributed by atoms with E-state index in [4.69, 9.17) is 4.74 Å². The van der Waals surface area contributed by atoms with Crippen LogP contribution in [0.2, 0.25) is 0 Å². The fraction of sp³-hybridized carbons (Fsp3) is 0.217. The van der Waals surface area contributed by atoms with Crippen molar-refractivity contribution in [2.45, 2.75) is 19.8 Å². The minimum absolute atomic E-state index is 0.293. The molecule has 4 rings (SSSR count). The third-order valence-electron chi connectivity index (χ3n) is 4.58. The van der Waals surface area contributed by atoms with Crippen LogP contribution in [0.5, 0.6) is 6.01 Å². The first kappa shape index (κ1) is 20.3. The molecule has 8 heteroatoms. The zero-order chi connectivity index (χ0) is 21.3. The van der Waals surface area contributed by atoms with Gasteiger partial charge in [0.25, 0.3) is 0 Å². The van der Waals surface area contributed by atoms with Crippen molar-refractivity contribution in [3.05, 3.63) is 72.2 Å². The second-order valence-corrected chi connectivity index (χ2v) is 6.93. The topological polar surface area (TPSA) is 100 Å². The van der Waals surface area contributed by atoms with Crippen LogP contribution in [-0.2, 0) is 6.42 Å². The van der Waals surface area contributed by atoms with Gasteiger partial charge >= 0.3 is 6.01 Å². The van der Waals surface area contributed by atoms with E-state index in [1.54, 1.807) is 12.4 Å². The standard InChI is InChI=1S/C23H25N7O/c1-2-11-25-21-14-22(29-23(28-21)31-13-10-18-7-5-6-12-24-18)30-27-16-17-15-26-20-9-4-3-8-19(17)20/h3-9,12,14-16,26H,2,10-11,13H2,1H3,(H2,25,28,29,30)/b27-16+. The minimum Gasteiger partial charge on any atom is -0.463 e. The predicted molar refractivity (Wildman–Crippen MR) is 124 cm³/mol. The molecule has 0 atom stereocenters. The van der Waals surface area contributed by atoms with Gasteiger partial charge in [0.2, 0.25) is 0 Å². The number of para-hydroxylation sites is 1. The van der Waals surface area contributed by atoms with Crippen LogP contribution in [0.1, 0.15) is 24.6 Å². The van der Waals surface area contributed by atoms with Crippen molar-refractivity contribution in [3.63, 3.8) is 0 Å². The van der Waals surface area contributed by atoms with Crippen molar-refractivity contribution in [2.24, 2.45) is 5.10 Å². The molecule has 8 nitrogen and oxygen atoms in total. The maximum atomic E-state index is 5.78. The van der Waals surface area contributed by atoms with Crippen LogP contribution in [0.25, 0.3) is 10.9 Å². The fourth-order valence-electron chi connectivity index (χ4n) is 3.05. The number of fused-ring (bicyclic) bond motifs is 1. The minimum atomic E-state index is 0.293. The van der Waals surface area contributed by atoms with E-state index in [0.717, 1.165) is 35.1 Å². The van der Waals surface area contributed by atoms with Gasteiger partial charge in [-0.3, -0.25) is 10.4 Å². The van der Waals surface area contributed by atoms with E-state index >= 15 is 0 Å². The third kappa shape index (κ3) is 5.57. The molecule has 0 saturated heterocycles. The van der Waals surface area contributed by atoms with E-state index in [2.05, 4.69) is 48.8 Å². The van der Waals surface area contributed by atoms with Gasteiger partial charge in [-0.05, 0) is 24.6 Å². The number of nitrogens with zero attached hydrogens (tertiary/aromatic N) is 4. The Morgan fingerprint density at radius 3 is 2.84 bits per heavy atom. The van der Waals surface area contributed by atoms with Gasteiger partial charge in [-0.1, -0.05) is 31.2 Å². The molecule has 0 aliphatic rings. The number of anilines is 2. The Labute approximate surface area is 180 Å². The Kier molecular flexibility index (Phi) is 6.69. The number of H-pyrrole nitrogens is 1. The smallest absolute Gasteiger partial charge is 0.320 e. The third-order valence-corrected chi connectivity index (χ3v) is 4.58. The van der Waals surface area contributed by atoms with Crippen molar-refractivity contribution < 1.29 is 4.74 Å². The van der Waals surface area contributed by atoms with Crippen LogP contribution in [0.4, 0.5) is 11.6 Å². The number of aromatic nitrogens is 4. The molecule has 1 aromatic carbocycles. The molecular formula is C23H25N7O. The number of aromatic amines is 1. The Balaban J connectivity index is 1.44. The van der Waals surface area contributed by atoms with Crippen LogP contribution in [-0.4, -0.2) is 39.3 Å². The van der Waals surface area contributed by atoms with Crippen molar-refractivity contribution in [1.82, 2.24) is 19.9 Å². The van der Waals surface area contributed by atoms with E-state index in [-0.39, 0.29) is 0 Å². The molecule has 0 fully saturated rings. The molecule has 0 aliphatic heterocycles. The van der Waals surface area contributed by atoms with Crippen LogP contribution in [0, 0.1) is 0 Å². The summed E-state index contributed by atoms with van der Waals surface area (Å²) in [6, 6.07) is 16.0. The van der Waals surface area contributed by atoms with Gasteiger partial charge in [0.1, 0.15) is 5.82 Å². The molecule has 4 aromatic rings. The normalized spacial score (nSPS) is 11.1. The van der Waals surface area contributed by atoms with Crippen LogP contribution in [0.3, 0.4) is 0 Å². The highest BCUT2D eigenvalue weighted by Crippen LogP contribution is 2.18. The Morgan fingerprint density at radius 1 is 1.10 bits per heavy atom. The number of ether oxygens (including phenoxy) is 1. The predicted octanol–water partition coefficient (Wildman–Crippen LogP) is 4.24. The molecule has 0 bridgehead atoms. The first-order chi connectivity index (χ1) is 15.3. The highest BCUT2D eigenvalue weighted by Gasteiger charge is 2.06. The SMILES string of the molecule is CCCNc1cc(N/N=C/c2c[nH]c3ccccc23)nc(OCCc2ccccn2)n1. The molecule has 0 radical (unpaired) electrons. The van der Waals surface area contributed by atoms with Crippen LogP contribution < -0.4 is 15.5 Å². The molecule has 158 valence electrons. The molecule has 3 heterocycles. The fourth-order valence-corrected chi connectivity index (χ4v) is 3.05. The van der Waals surface area contributed by atoms with Gasteiger partial charge < -0.3 is 15.0 Å². The van der Waals surface area contributed by atoms with Gasteiger partial charge in [0.05, 0.1) is 12.8 Å². The monoisotopic (exact) mass is 415 g/mol. The molecule has 0 saturated carbocycles. The average Bonchev–Trinajstić information content (AvgIpc) is 3.22. The highest BCUT2D eigenvalue weighted by atomic mass is 16.5. The highest BCUT2D eigenvalue weighted by molar-refractivity contribution is 5.99. The summed E-state index contributed by atoms with van der Waals surface area (Å²) in [5, 5.41) is 8.73. The number of nitrogens with one attached hydrogen (secondary N) is 3. The molecule has 0 spiro atoms. The van der Waals surface area contributed by atoms with Crippen molar-refractivity contribution in [1.29, 1.82) is 0 Å². The zero-order valence-corrected chi connectivity index (χ0v) is 17.4. The largest absolute Gasteiger partial charge is 0.463 e. The molecule has 3 N–H and O–H groups in total. The van der Waals surface area contributed by atoms with Crippen LogP contribution >= 0.6 is 0 Å². The van der Waals surface area contributed by atoms with E-state index in [1.807, 2.05) is 48.7 Å². The van der Waals surface area contributed by atoms with Crippen molar-refractivity contribution >= 4 is 28.8 Å². The van der Waals surface area contributed by atoms with Gasteiger partial charge in [-0.25, -0.2) is 0 Å². The molecule has 3 aromatic heterocycles. The number of hydrazone groups is 1. The maximum absolute atomic E-state index is 5.78.